The van der Waals surface area contributed by atoms with Gasteiger partial charge in [-0.3, -0.25) is 14.6 Å². The van der Waals surface area contributed by atoms with Crippen molar-refractivity contribution in [3.05, 3.63) is 35.1 Å². The fourth-order valence-electron chi connectivity index (χ4n) is 1.22. The normalized spacial score (nSPS) is 19.1. The van der Waals surface area contributed by atoms with E-state index in [9.17, 15) is 9.59 Å². The molecule has 0 atom stereocenters. The molecule has 4 nitrogen and oxygen atoms in total. The number of carbonyl (C=O) groups excluding carboxylic acids is 2. The summed E-state index contributed by atoms with van der Waals surface area (Å²) in [5.74, 6) is -0.828. The van der Waals surface area contributed by atoms with Crippen LogP contribution in [0.5, 0.6) is 0 Å². The van der Waals surface area contributed by atoms with Crippen LogP contribution in [0.2, 0.25) is 0 Å². The minimum absolute atomic E-state index is 0.205. The molecule has 0 fully saturated rings. The Morgan fingerprint density at radius 1 is 1.38 bits per heavy atom. The number of fused-ring (bicyclic) bond motifs is 1. The first-order valence-electron chi connectivity index (χ1n) is 3.71. The summed E-state index contributed by atoms with van der Waals surface area (Å²) < 4.78 is 0. The number of nitrogens with zero attached hydrogens (tertiary/aromatic N) is 1. The molecule has 0 saturated carbocycles. The summed E-state index contributed by atoms with van der Waals surface area (Å²) in [6.45, 7) is 0. The van der Waals surface area contributed by atoms with Gasteiger partial charge in [-0.25, -0.2) is 0 Å². The standard InChI is InChI=1S/C9H6N2O2/c10-9(13)5-3-7-6(1-2-11-7)8(12)4-5/h1-4H,(H2,10,13). The molecule has 1 aliphatic heterocycles. The van der Waals surface area contributed by atoms with E-state index in [0.29, 0.717) is 11.3 Å². The van der Waals surface area contributed by atoms with Crippen LogP contribution in [0.25, 0.3) is 0 Å². The number of carbonyl (C=O) groups is 2. The lowest BCUT2D eigenvalue weighted by Crippen LogP contribution is -2.17. The number of amides is 1. The van der Waals surface area contributed by atoms with Crippen LogP contribution in [0.15, 0.2) is 40.1 Å². The molecule has 1 heterocycles. The minimum Gasteiger partial charge on any atom is -0.366 e. The Hall–Kier alpha value is -1.97. The van der Waals surface area contributed by atoms with Crippen LogP contribution in [-0.2, 0) is 9.59 Å². The molecule has 0 aromatic heterocycles. The summed E-state index contributed by atoms with van der Waals surface area (Å²) in [6, 6.07) is 0. The van der Waals surface area contributed by atoms with Gasteiger partial charge < -0.3 is 5.73 Å². The van der Waals surface area contributed by atoms with Gasteiger partial charge in [0.25, 0.3) is 0 Å². The van der Waals surface area contributed by atoms with E-state index in [4.69, 9.17) is 5.73 Å². The summed E-state index contributed by atoms with van der Waals surface area (Å²) in [5.41, 5.74) is 6.28. The SMILES string of the molecule is NC(=O)C1=CC(=O)C2=CC=NC2=C1. The predicted molar refractivity (Wildman–Crippen MR) is 46.9 cm³/mol. The van der Waals surface area contributed by atoms with Crippen molar-refractivity contribution in [2.75, 3.05) is 0 Å². The number of primary amides is 1. The van der Waals surface area contributed by atoms with E-state index < -0.39 is 5.91 Å². The number of nitrogens with two attached hydrogens (primary N) is 1. The maximum atomic E-state index is 11.3. The molecule has 1 amide bonds. The highest BCUT2D eigenvalue weighted by atomic mass is 16.1. The van der Waals surface area contributed by atoms with E-state index in [1.807, 2.05) is 0 Å². The lowest BCUT2D eigenvalue weighted by atomic mass is 9.99. The number of aliphatic imine (C=N–C) groups is 1. The Morgan fingerprint density at radius 2 is 2.15 bits per heavy atom. The van der Waals surface area contributed by atoms with Gasteiger partial charge in [0.05, 0.1) is 5.70 Å². The molecule has 2 N–H and O–H groups in total. The number of rotatable bonds is 1. The Morgan fingerprint density at radius 3 is 2.85 bits per heavy atom. The highest BCUT2D eigenvalue weighted by Crippen LogP contribution is 2.23. The van der Waals surface area contributed by atoms with Crippen molar-refractivity contribution in [3.8, 4) is 0 Å². The largest absolute Gasteiger partial charge is 0.366 e. The minimum atomic E-state index is -0.609. The van der Waals surface area contributed by atoms with Crippen LogP contribution in [-0.4, -0.2) is 17.9 Å². The van der Waals surface area contributed by atoms with E-state index in [-0.39, 0.29) is 11.4 Å². The Balaban J connectivity index is 2.49. The van der Waals surface area contributed by atoms with Gasteiger partial charge in [-0.1, -0.05) is 0 Å². The first-order valence-corrected chi connectivity index (χ1v) is 3.71. The molecule has 0 radical (unpaired) electrons. The Kier molecular flexibility index (Phi) is 1.48. The zero-order chi connectivity index (χ0) is 9.42. The van der Waals surface area contributed by atoms with Crippen LogP contribution in [0, 0.1) is 0 Å². The molecule has 64 valence electrons. The van der Waals surface area contributed by atoms with Crippen molar-refractivity contribution >= 4 is 17.9 Å². The predicted octanol–water partition coefficient (Wildman–Crippen LogP) is -0.125. The van der Waals surface area contributed by atoms with Crippen LogP contribution >= 0.6 is 0 Å². The average molecular weight is 174 g/mol. The Bertz CT molecular complexity index is 425. The highest BCUT2D eigenvalue weighted by molar-refractivity contribution is 6.17. The third-order valence-electron chi connectivity index (χ3n) is 1.86. The molecule has 13 heavy (non-hydrogen) atoms. The van der Waals surface area contributed by atoms with Gasteiger partial charge >= 0.3 is 0 Å². The average Bonchev–Trinajstić information content (AvgIpc) is 2.51. The molecule has 1 aliphatic carbocycles. The van der Waals surface area contributed by atoms with Crippen molar-refractivity contribution in [1.82, 2.24) is 0 Å². The van der Waals surface area contributed by atoms with Crippen molar-refractivity contribution in [1.29, 1.82) is 0 Å². The molecule has 2 aliphatic rings. The number of hydrogen-bond acceptors (Lipinski definition) is 3. The smallest absolute Gasteiger partial charge is 0.248 e. The first-order chi connectivity index (χ1) is 6.18. The second-order valence-electron chi connectivity index (χ2n) is 2.72. The quantitative estimate of drug-likeness (QED) is 0.601. The monoisotopic (exact) mass is 174 g/mol. The van der Waals surface area contributed by atoms with E-state index in [2.05, 4.69) is 4.99 Å². The molecule has 0 saturated heterocycles. The van der Waals surface area contributed by atoms with Crippen molar-refractivity contribution in [3.63, 3.8) is 0 Å². The molecule has 0 unspecified atom stereocenters. The van der Waals surface area contributed by atoms with Gasteiger partial charge in [-0.05, 0) is 18.2 Å². The van der Waals surface area contributed by atoms with Gasteiger partial charge in [0.15, 0.2) is 5.78 Å². The summed E-state index contributed by atoms with van der Waals surface area (Å²) in [6.07, 6.45) is 5.88. The highest BCUT2D eigenvalue weighted by Gasteiger charge is 2.21. The van der Waals surface area contributed by atoms with Crippen molar-refractivity contribution in [2.24, 2.45) is 10.7 Å². The maximum absolute atomic E-state index is 11.3. The summed E-state index contributed by atoms with van der Waals surface area (Å²) in [7, 11) is 0. The summed E-state index contributed by atoms with van der Waals surface area (Å²) in [5, 5.41) is 0. The molecule has 2 rings (SSSR count). The molecule has 0 aromatic rings. The van der Waals surface area contributed by atoms with Gasteiger partial charge in [0, 0.05) is 17.4 Å². The first kappa shape index (κ1) is 7.67. The van der Waals surface area contributed by atoms with E-state index in [1.165, 1.54) is 18.4 Å². The zero-order valence-corrected chi connectivity index (χ0v) is 6.65. The summed E-state index contributed by atoms with van der Waals surface area (Å²) >= 11 is 0. The number of ketones is 1. The second kappa shape index (κ2) is 2.52. The van der Waals surface area contributed by atoms with Crippen LogP contribution < -0.4 is 5.73 Å². The molecule has 0 aromatic carbocycles. The van der Waals surface area contributed by atoms with Crippen LogP contribution in [0.3, 0.4) is 0 Å². The molecule has 0 bridgehead atoms. The van der Waals surface area contributed by atoms with Crippen LogP contribution in [0.1, 0.15) is 0 Å². The molecule has 0 spiro atoms. The lowest BCUT2D eigenvalue weighted by Gasteiger charge is -2.07. The number of hydrogen-bond donors (Lipinski definition) is 1. The molecular formula is C9H6N2O2. The van der Waals surface area contributed by atoms with Crippen LogP contribution in [0.4, 0.5) is 0 Å². The van der Waals surface area contributed by atoms with Gasteiger partial charge in [-0.2, -0.15) is 0 Å². The summed E-state index contributed by atoms with van der Waals surface area (Å²) in [4.78, 5) is 26.0. The molecule has 4 heteroatoms. The van der Waals surface area contributed by atoms with E-state index in [0.717, 1.165) is 0 Å². The topological polar surface area (TPSA) is 72.5 Å². The molecular weight excluding hydrogens is 168 g/mol. The van der Waals surface area contributed by atoms with Crippen molar-refractivity contribution < 1.29 is 9.59 Å². The van der Waals surface area contributed by atoms with Gasteiger partial charge in [-0.15, -0.1) is 0 Å². The Labute approximate surface area is 74.1 Å². The van der Waals surface area contributed by atoms with Gasteiger partial charge in [0.2, 0.25) is 5.91 Å². The fraction of sp³-hybridized carbons (Fsp3) is 0. The zero-order valence-electron chi connectivity index (χ0n) is 6.65. The van der Waals surface area contributed by atoms with E-state index in [1.54, 1.807) is 6.08 Å². The fourth-order valence-corrected chi connectivity index (χ4v) is 1.22. The second-order valence-corrected chi connectivity index (χ2v) is 2.72. The third-order valence-corrected chi connectivity index (χ3v) is 1.86. The van der Waals surface area contributed by atoms with Gasteiger partial charge in [0.1, 0.15) is 0 Å². The third kappa shape index (κ3) is 1.12. The van der Waals surface area contributed by atoms with Crippen molar-refractivity contribution in [2.45, 2.75) is 0 Å². The maximum Gasteiger partial charge on any atom is 0.248 e. The number of allylic oxidation sites excluding steroid dienone is 3. The lowest BCUT2D eigenvalue weighted by molar-refractivity contribution is -0.115. The van der Waals surface area contributed by atoms with E-state index >= 15 is 0 Å².